The Morgan fingerprint density at radius 1 is 0.742 bits per heavy atom. The molecule has 5 rings (SSSR count). The highest BCUT2D eigenvalue weighted by Crippen LogP contribution is 2.39. The third kappa shape index (κ3) is 4.47. The molecule has 0 aliphatic carbocycles. The van der Waals surface area contributed by atoms with Crippen molar-refractivity contribution in [3.05, 3.63) is 131 Å². The molecule has 2 N–H and O–H groups in total. The van der Waals surface area contributed by atoms with Crippen molar-refractivity contribution in [3.63, 3.8) is 0 Å². The number of hydrogen-bond acceptors (Lipinski definition) is 3. The van der Waals surface area contributed by atoms with Crippen LogP contribution in [0.4, 0.5) is 0 Å². The zero-order valence-electron chi connectivity index (χ0n) is 16.4. The summed E-state index contributed by atoms with van der Waals surface area (Å²) in [6, 6.07) is 24.4. The predicted molar refractivity (Wildman–Crippen MR) is 125 cm³/mol. The molecule has 0 bridgehead atoms. The van der Waals surface area contributed by atoms with Gasteiger partial charge in [0.05, 0.1) is 0 Å². The summed E-state index contributed by atoms with van der Waals surface area (Å²) in [5.41, 5.74) is 1.49. The van der Waals surface area contributed by atoms with Crippen molar-refractivity contribution in [2.75, 3.05) is 0 Å². The van der Waals surface area contributed by atoms with Gasteiger partial charge in [0.15, 0.2) is 0 Å². The third-order valence-electron chi connectivity index (χ3n) is 4.97. The summed E-state index contributed by atoms with van der Waals surface area (Å²) in [5.74, 6) is 0. The smallest absolute Gasteiger partial charge is 0.144 e. The first kappa shape index (κ1) is 21.1. The maximum Gasteiger partial charge on any atom is 0.144 e. The number of halogens is 2. The molecule has 0 saturated heterocycles. The van der Waals surface area contributed by atoms with Crippen molar-refractivity contribution in [1.82, 2.24) is 15.0 Å². The van der Waals surface area contributed by atoms with Crippen LogP contribution in [0, 0.1) is 0 Å². The van der Waals surface area contributed by atoms with Crippen LogP contribution in [-0.4, -0.2) is 20.1 Å². The lowest BCUT2D eigenvalue weighted by molar-refractivity contribution is 0.125. The van der Waals surface area contributed by atoms with E-state index in [1.807, 2.05) is 30.5 Å². The Morgan fingerprint density at radius 2 is 1.42 bits per heavy atom. The number of benzene rings is 3. The van der Waals surface area contributed by atoms with Crippen molar-refractivity contribution >= 4 is 34.1 Å². The quantitative estimate of drug-likeness (QED) is 0.344. The topological polar surface area (TPSA) is 61.8 Å². The summed E-state index contributed by atoms with van der Waals surface area (Å²) in [5, 5.41) is 13.8. The minimum absolute atomic E-state index is 0.462. The normalized spacial score (nSPS) is 12.6. The van der Waals surface area contributed by atoms with Crippen LogP contribution in [0.15, 0.2) is 104 Å². The summed E-state index contributed by atoms with van der Waals surface area (Å²) >= 11 is 12.3. The highest BCUT2D eigenvalue weighted by atomic mass is 35.5. The molecule has 0 saturated carbocycles. The molecule has 1 atom stereocenters. The number of aromatic nitrogens is 3. The van der Waals surface area contributed by atoms with E-state index in [4.69, 9.17) is 23.2 Å². The van der Waals surface area contributed by atoms with Crippen LogP contribution in [0.25, 0.3) is 10.9 Å². The van der Waals surface area contributed by atoms with Gasteiger partial charge in [0, 0.05) is 45.3 Å². The molecule has 0 spiro atoms. The number of H-pyrrole nitrogens is 1. The fraction of sp³-hybridized carbons (Fsp3) is 0.0400. The highest BCUT2D eigenvalue weighted by molar-refractivity contribution is 6.31. The third-order valence-corrected chi connectivity index (χ3v) is 5.55. The number of nitrogens with one attached hydrogen (secondary N) is 1. The molecular weight excluding hydrogens is 429 g/mol. The number of aromatic amines is 1. The van der Waals surface area contributed by atoms with E-state index in [9.17, 15) is 5.11 Å². The molecule has 5 aromatic rings. The van der Waals surface area contributed by atoms with Crippen molar-refractivity contribution in [3.8, 4) is 0 Å². The highest BCUT2D eigenvalue weighted by Gasteiger charge is 2.36. The standard InChI is InChI=1S/C17H12Cl2N2O.C8H7N/c18-14-7-5-12(6-8-14)17(22,13-9-20-11-21-10-13)15-3-1-2-4-16(15)19;1-2-4-8-7(3-1)5-6-9-8/h1-11,22H;1-6,9H. The van der Waals surface area contributed by atoms with Crippen LogP contribution in [-0.2, 0) is 5.60 Å². The zero-order valence-corrected chi connectivity index (χ0v) is 17.9. The van der Waals surface area contributed by atoms with E-state index in [0.717, 1.165) is 0 Å². The van der Waals surface area contributed by atoms with Crippen molar-refractivity contribution in [2.24, 2.45) is 0 Å². The lowest BCUT2D eigenvalue weighted by Gasteiger charge is -2.30. The van der Waals surface area contributed by atoms with E-state index in [0.29, 0.717) is 26.7 Å². The van der Waals surface area contributed by atoms with Gasteiger partial charge in [-0.2, -0.15) is 0 Å². The Hall–Kier alpha value is -3.18. The molecule has 2 aromatic heterocycles. The maximum atomic E-state index is 11.5. The van der Waals surface area contributed by atoms with E-state index < -0.39 is 5.60 Å². The molecule has 6 heteroatoms. The van der Waals surface area contributed by atoms with Crippen LogP contribution in [0.5, 0.6) is 0 Å². The Bertz CT molecular complexity index is 1240. The molecule has 2 heterocycles. The van der Waals surface area contributed by atoms with Crippen molar-refractivity contribution in [1.29, 1.82) is 0 Å². The van der Waals surface area contributed by atoms with Gasteiger partial charge in [-0.05, 0) is 41.3 Å². The predicted octanol–water partition coefficient (Wildman–Crippen LogP) is 6.24. The van der Waals surface area contributed by atoms with E-state index in [2.05, 4.69) is 33.2 Å². The zero-order chi connectivity index (χ0) is 21.7. The summed E-state index contributed by atoms with van der Waals surface area (Å²) in [7, 11) is 0. The van der Waals surface area contributed by atoms with E-state index in [1.54, 1.807) is 48.8 Å². The average molecular weight is 448 g/mol. The Balaban J connectivity index is 0.000000212. The molecular formula is C25H19Cl2N3O. The fourth-order valence-electron chi connectivity index (χ4n) is 3.40. The fourth-order valence-corrected chi connectivity index (χ4v) is 3.80. The molecule has 4 nitrogen and oxygen atoms in total. The monoisotopic (exact) mass is 447 g/mol. The summed E-state index contributed by atoms with van der Waals surface area (Å²) in [4.78, 5) is 11.1. The SMILES string of the molecule is OC(c1ccc(Cl)cc1)(c1cncnc1)c1ccccc1Cl.c1ccc2[nH]ccc2c1. The average Bonchev–Trinajstić information content (AvgIpc) is 3.29. The number of aliphatic hydroxyl groups is 1. The second-order valence-electron chi connectivity index (χ2n) is 6.89. The molecule has 3 aromatic carbocycles. The number of hydrogen-bond donors (Lipinski definition) is 2. The Morgan fingerprint density at radius 3 is 2.13 bits per heavy atom. The van der Waals surface area contributed by atoms with Crippen LogP contribution >= 0.6 is 23.2 Å². The lowest BCUT2D eigenvalue weighted by Crippen LogP contribution is -2.29. The number of rotatable bonds is 3. The van der Waals surface area contributed by atoms with Crippen LogP contribution in [0.2, 0.25) is 10.0 Å². The molecule has 1 unspecified atom stereocenters. The summed E-state index contributed by atoms with van der Waals surface area (Å²) in [6.45, 7) is 0. The van der Waals surface area contributed by atoms with Gasteiger partial charge in [0.1, 0.15) is 11.9 Å². The molecule has 154 valence electrons. The minimum Gasteiger partial charge on any atom is -0.376 e. The van der Waals surface area contributed by atoms with Crippen LogP contribution in [0.3, 0.4) is 0 Å². The van der Waals surface area contributed by atoms with Gasteiger partial charge in [-0.1, -0.05) is 71.7 Å². The Labute approximate surface area is 190 Å². The molecule has 31 heavy (non-hydrogen) atoms. The van der Waals surface area contributed by atoms with Gasteiger partial charge in [-0.3, -0.25) is 0 Å². The van der Waals surface area contributed by atoms with Crippen molar-refractivity contribution in [2.45, 2.75) is 5.60 Å². The number of nitrogens with zero attached hydrogens (tertiary/aromatic N) is 2. The first-order valence-corrected chi connectivity index (χ1v) is 10.4. The molecule has 0 fully saturated rings. The van der Waals surface area contributed by atoms with E-state index in [-0.39, 0.29) is 0 Å². The minimum atomic E-state index is -1.45. The molecule has 0 radical (unpaired) electrons. The van der Waals surface area contributed by atoms with Gasteiger partial charge in [0.25, 0.3) is 0 Å². The van der Waals surface area contributed by atoms with Gasteiger partial charge >= 0.3 is 0 Å². The number of para-hydroxylation sites is 1. The second-order valence-corrected chi connectivity index (χ2v) is 7.73. The molecule has 0 amide bonds. The first-order valence-electron chi connectivity index (χ1n) is 9.60. The van der Waals surface area contributed by atoms with Crippen LogP contribution < -0.4 is 0 Å². The largest absolute Gasteiger partial charge is 0.376 e. The van der Waals surface area contributed by atoms with Gasteiger partial charge in [0.2, 0.25) is 0 Å². The summed E-state index contributed by atoms with van der Waals surface area (Å²) in [6.07, 6.45) is 6.51. The van der Waals surface area contributed by atoms with Crippen LogP contribution in [0.1, 0.15) is 16.7 Å². The second kappa shape index (κ2) is 9.31. The van der Waals surface area contributed by atoms with Gasteiger partial charge in [-0.15, -0.1) is 0 Å². The van der Waals surface area contributed by atoms with Crippen molar-refractivity contribution < 1.29 is 5.11 Å². The lowest BCUT2D eigenvalue weighted by atomic mass is 9.81. The van der Waals surface area contributed by atoms with Gasteiger partial charge < -0.3 is 10.1 Å². The summed E-state index contributed by atoms with van der Waals surface area (Å²) < 4.78 is 0. The first-order chi connectivity index (χ1) is 15.1. The Kier molecular flexibility index (Phi) is 6.33. The van der Waals surface area contributed by atoms with Gasteiger partial charge in [-0.25, -0.2) is 9.97 Å². The molecule has 0 aliphatic heterocycles. The maximum absolute atomic E-state index is 11.5. The van der Waals surface area contributed by atoms with E-state index >= 15 is 0 Å². The number of fused-ring (bicyclic) bond motifs is 1. The van der Waals surface area contributed by atoms with E-state index in [1.165, 1.54) is 17.2 Å². The molecule has 0 aliphatic rings.